The fourth-order valence-corrected chi connectivity index (χ4v) is 1.65. The van der Waals surface area contributed by atoms with Gasteiger partial charge >= 0.3 is 6.18 Å². The Balaban J connectivity index is 2.09. The maximum atomic E-state index is 13.3. The predicted octanol–water partition coefficient (Wildman–Crippen LogP) is 2.71. The van der Waals surface area contributed by atoms with Crippen LogP contribution in [0.15, 0.2) is 18.2 Å². The van der Waals surface area contributed by atoms with Gasteiger partial charge < -0.3 is 10.5 Å². The van der Waals surface area contributed by atoms with Crippen molar-refractivity contribution in [2.45, 2.75) is 31.2 Å². The molecule has 2 nitrogen and oxygen atoms in total. The molecule has 0 aromatic heterocycles. The van der Waals surface area contributed by atoms with Gasteiger partial charge in [-0.1, -0.05) is 0 Å². The largest absolute Gasteiger partial charge is 0.487 e. The molecule has 2 rings (SSSR count). The van der Waals surface area contributed by atoms with E-state index in [2.05, 4.69) is 0 Å². The third-order valence-corrected chi connectivity index (χ3v) is 2.68. The van der Waals surface area contributed by atoms with Crippen LogP contribution in [0.2, 0.25) is 0 Å². The molecule has 94 valence electrons. The molecule has 1 aromatic carbocycles. The fraction of sp³-hybridized carbons (Fsp3) is 0.455. The lowest BCUT2D eigenvalue weighted by Crippen LogP contribution is -2.43. The van der Waals surface area contributed by atoms with E-state index < -0.39 is 17.6 Å². The maximum absolute atomic E-state index is 13.3. The Morgan fingerprint density at radius 2 is 1.88 bits per heavy atom. The van der Waals surface area contributed by atoms with Gasteiger partial charge in [-0.25, -0.2) is 4.39 Å². The molecule has 6 heteroatoms. The van der Waals surface area contributed by atoms with Crippen molar-refractivity contribution in [2.75, 3.05) is 0 Å². The van der Waals surface area contributed by atoms with Crippen molar-refractivity contribution in [3.05, 3.63) is 29.6 Å². The van der Waals surface area contributed by atoms with Crippen LogP contribution < -0.4 is 10.5 Å². The minimum Gasteiger partial charge on any atom is -0.487 e. The average Bonchev–Trinajstić information content (AvgIpc) is 2.16. The van der Waals surface area contributed by atoms with Crippen molar-refractivity contribution in [2.24, 2.45) is 5.73 Å². The van der Waals surface area contributed by atoms with Crippen molar-refractivity contribution >= 4 is 0 Å². The first-order valence-corrected chi connectivity index (χ1v) is 5.15. The zero-order valence-electron chi connectivity index (χ0n) is 8.80. The van der Waals surface area contributed by atoms with Gasteiger partial charge in [-0.05, 0) is 31.0 Å². The van der Waals surface area contributed by atoms with Crippen molar-refractivity contribution in [1.29, 1.82) is 0 Å². The summed E-state index contributed by atoms with van der Waals surface area (Å²) < 4.78 is 55.3. The molecule has 1 saturated carbocycles. The first kappa shape index (κ1) is 12.2. The van der Waals surface area contributed by atoms with Gasteiger partial charge in [0.1, 0.15) is 6.10 Å². The number of rotatable bonds is 2. The lowest BCUT2D eigenvalue weighted by atomic mass is 9.90. The molecule has 0 unspecified atom stereocenters. The van der Waals surface area contributed by atoms with E-state index in [0.29, 0.717) is 18.9 Å². The van der Waals surface area contributed by atoms with E-state index in [1.807, 2.05) is 0 Å². The van der Waals surface area contributed by atoms with Gasteiger partial charge in [0.2, 0.25) is 0 Å². The normalized spacial score (nSPS) is 24.3. The highest BCUT2D eigenvalue weighted by Crippen LogP contribution is 2.33. The van der Waals surface area contributed by atoms with Gasteiger partial charge in [0.15, 0.2) is 11.6 Å². The Kier molecular flexibility index (Phi) is 2.99. The third kappa shape index (κ3) is 2.69. The molecule has 1 aliphatic rings. The molecule has 1 aliphatic carbocycles. The molecule has 0 spiro atoms. The van der Waals surface area contributed by atoms with E-state index in [1.54, 1.807) is 0 Å². The summed E-state index contributed by atoms with van der Waals surface area (Å²) in [5, 5.41) is 0. The van der Waals surface area contributed by atoms with Crippen molar-refractivity contribution in [3.63, 3.8) is 0 Å². The summed E-state index contributed by atoms with van der Waals surface area (Å²) in [6.07, 6.45) is -3.55. The molecule has 0 heterocycles. The molecular weight excluding hydrogens is 238 g/mol. The van der Waals surface area contributed by atoms with Crippen LogP contribution in [0.4, 0.5) is 17.6 Å². The molecule has 0 bridgehead atoms. The van der Waals surface area contributed by atoms with Crippen molar-refractivity contribution in [3.8, 4) is 5.75 Å². The first-order valence-electron chi connectivity index (χ1n) is 5.15. The van der Waals surface area contributed by atoms with Crippen LogP contribution in [0.3, 0.4) is 0 Å². The minimum atomic E-state index is -4.54. The standard InChI is InChI=1S/C11H11F4NO/c12-9-3-6(11(13,14)15)1-2-10(9)17-8-4-7(16)5-8/h1-3,7-8H,4-5,16H2. The zero-order valence-corrected chi connectivity index (χ0v) is 8.80. The Labute approximate surface area is 95.4 Å². The number of nitrogens with two attached hydrogens (primary N) is 1. The number of hydrogen-bond donors (Lipinski definition) is 1. The van der Waals surface area contributed by atoms with Crippen LogP contribution in [-0.2, 0) is 6.18 Å². The second kappa shape index (κ2) is 4.18. The fourth-order valence-electron chi connectivity index (χ4n) is 1.65. The number of benzene rings is 1. The molecule has 2 N–H and O–H groups in total. The molecule has 0 saturated heterocycles. The molecule has 0 atom stereocenters. The predicted molar refractivity (Wildman–Crippen MR) is 53.0 cm³/mol. The van der Waals surface area contributed by atoms with E-state index in [1.165, 1.54) is 0 Å². The van der Waals surface area contributed by atoms with Gasteiger partial charge in [-0.2, -0.15) is 13.2 Å². The van der Waals surface area contributed by atoms with Crippen LogP contribution in [0.5, 0.6) is 5.75 Å². The minimum absolute atomic E-state index is 0.0394. The summed E-state index contributed by atoms with van der Waals surface area (Å²) in [5.74, 6) is -1.16. The second-order valence-electron chi connectivity index (χ2n) is 4.11. The monoisotopic (exact) mass is 249 g/mol. The van der Waals surface area contributed by atoms with Crippen LogP contribution in [0, 0.1) is 5.82 Å². The van der Waals surface area contributed by atoms with E-state index >= 15 is 0 Å². The number of alkyl halides is 3. The van der Waals surface area contributed by atoms with E-state index in [-0.39, 0.29) is 17.9 Å². The van der Waals surface area contributed by atoms with Gasteiger partial charge in [0, 0.05) is 6.04 Å². The Morgan fingerprint density at radius 1 is 1.24 bits per heavy atom. The van der Waals surface area contributed by atoms with Gasteiger partial charge in [-0.3, -0.25) is 0 Å². The van der Waals surface area contributed by atoms with Crippen molar-refractivity contribution < 1.29 is 22.3 Å². The summed E-state index contributed by atoms with van der Waals surface area (Å²) in [4.78, 5) is 0. The van der Waals surface area contributed by atoms with Gasteiger partial charge in [0.25, 0.3) is 0 Å². The van der Waals surface area contributed by atoms with Crippen LogP contribution in [0.25, 0.3) is 0 Å². The Morgan fingerprint density at radius 3 is 2.35 bits per heavy atom. The highest BCUT2D eigenvalue weighted by atomic mass is 19.4. The number of halogens is 4. The molecule has 1 fully saturated rings. The average molecular weight is 249 g/mol. The topological polar surface area (TPSA) is 35.2 Å². The summed E-state index contributed by atoms with van der Waals surface area (Å²) in [5.41, 5.74) is 4.50. The molecule has 0 amide bonds. The Bertz CT molecular complexity index is 412. The molecular formula is C11H11F4NO. The summed E-state index contributed by atoms with van der Waals surface area (Å²) >= 11 is 0. The van der Waals surface area contributed by atoms with E-state index in [9.17, 15) is 17.6 Å². The SMILES string of the molecule is NC1CC(Oc2ccc(C(F)(F)F)cc2F)C1. The quantitative estimate of drug-likeness (QED) is 0.818. The maximum Gasteiger partial charge on any atom is 0.416 e. The van der Waals surface area contributed by atoms with Crippen LogP contribution in [-0.4, -0.2) is 12.1 Å². The van der Waals surface area contributed by atoms with Gasteiger partial charge in [0.05, 0.1) is 5.56 Å². The second-order valence-corrected chi connectivity index (χ2v) is 4.11. The highest BCUT2D eigenvalue weighted by Gasteiger charge is 2.32. The summed E-state index contributed by atoms with van der Waals surface area (Å²) in [7, 11) is 0. The lowest BCUT2D eigenvalue weighted by molar-refractivity contribution is -0.137. The van der Waals surface area contributed by atoms with Crippen molar-refractivity contribution in [1.82, 2.24) is 0 Å². The zero-order chi connectivity index (χ0) is 12.6. The summed E-state index contributed by atoms with van der Waals surface area (Å²) in [6.45, 7) is 0. The first-order chi connectivity index (χ1) is 7.86. The number of hydrogen-bond acceptors (Lipinski definition) is 2. The van der Waals surface area contributed by atoms with E-state index in [0.717, 1.165) is 12.1 Å². The third-order valence-electron chi connectivity index (χ3n) is 2.68. The lowest BCUT2D eigenvalue weighted by Gasteiger charge is -2.32. The Hall–Kier alpha value is -1.30. The van der Waals surface area contributed by atoms with Gasteiger partial charge in [-0.15, -0.1) is 0 Å². The van der Waals surface area contributed by atoms with E-state index in [4.69, 9.17) is 10.5 Å². The molecule has 17 heavy (non-hydrogen) atoms. The number of ether oxygens (including phenoxy) is 1. The molecule has 1 aromatic rings. The summed E-state index contributed by atoms with van der Waals surface area (Å²) in [6, 6.07) is 2.28. The van der Waals surface area contributed by atoms with Crippen LogP contribution in [0.1, 0.15) is 18.4 Å². The van der Waals surface area contributed by atoms with Crippen LogP contribution >= 0.6 is 0 Å². The smallest absolute Gasteiger partial charge is 0.416 e. The highest BCUT2D eigenvalue weighted by molar-refractivity contribution is 5.31. The molecule has 0 aliphatic heterocycles. The molecule has 0 radical (unpaired) electrons.